The normalized spacial score (nSPS) is 21.7. The molecule has 2 heteroatoms. The standard InChI is InChI=1S/C14H22N2/c1-4-15-12(3)13-7-5-6-8-14(13)16-10-9-11(16)2/h5-8,11-12,15H,4,9-10H2,1-3H3. The van der Waals surface area contributed by atoms with E-state index in [1.54, 1.807) is 0 Å². The van der Waals surface area contributed by atoms with Gasteiger partial charge >= 0.3 is 0 Å². The van der Waals surface area contributed by atoms with Gasteiger partial charge in [-0.25, -0.2) is 0 Å². The van der Waals surface area contributed by atoms with E-state index in [9.17, 15) is 0 Å². The first-order valence-electron chi connectivity index (χ1n) is 6.33. The van der Waals surface area contributed by atoms with E-state index in [-0.39, 0.29) is 0 Å². The van der Waals surface area contributed by atoms with E-state index in [1.807, 2.05) is 0 Å². The maximum absolute atomic E-state index is 3.49. The fourth-order valence-electron chi connectivity index (χ4n) is 2.41. The van der Waals surface area contributed by atoms with Crippen LogP contribution in [0.5, 0.6) is 0 Å². The molecular formula is C14H22N2. The Bertz CT molecular complexity index is 348. The lowest BCUT2D eigenvalue weighted by Gasteiger charge is -2.42. The molecule has 0 aromatic heterocycles. The maximum Gasteiger partial charge on any atom is 0.0417 e. The van der Waals surface area contributed by atoms with Gasteiger partial charge in [0.05, 0.1) is 0 Å². The number of nitrogens with zero attached hydrogens (tertiary/aromatic N) is 1. The maximum atomic E-state index is 3.49. The first-order chi connectivity index (χ1) is 7.74. The van der Waals surface area contributed by atoms with E-state index in [4.69, 9.17) is 0 Å². The molecule has 1 aliphatic rings. The summed E-state index contributed by atoms with van der Waals surface area (Å²) < 4.78 is 0. The van der Waals surface area contributed by atoms with Crippen LogP contribution in [-0.2, 0) is 0 Å². The van der Waals surface area contributed by atoms with E-state index in [0.717, 1.165) is 6.54 Å². The van der Waals surface area contributed by atoms with Crippen molar-refractivity contribution in [1.29, 1.82) is 0 Å². The summed E-state index contributed by atoms with van der Waals surface area (Å²) in [6, 6.07) is 9.91. The van der Waals surface area contributed by atoms with Crippen LogP contribution >= 0.6 is 0 Å². The topological polar surface area (TPSA) is 15.3 Å². The Morgan fingerprint density at radius 2 is 2.19 bits per heavy atom. The van der Waals surface area contributed by atoms with Crippen molar-refractivity contribution in [3.8, 4) is 0 Å². The second-order valence-corrected chi connectivity index (χ2v) is 4.67. The lowest BCUT2D eigenvalue weighted by atomic mass is 9.98. The summed E-state index contributed by atoms with van der Waals surface area (Å²) in [5.41, 5.74) is 2.84. The van der Waals surface area contributed by atoms with E-state index in [0.29, 0.717) is 12.1 Å². The molecule has 0 saturated carbocycles. The molecule has 2 rings (SSSR count). The number of para-hydroxylation sites is 1. The molecule has 1 N–H and O–H groups in total. The van der Waals surface area contributed by atoms with Gasteiger partial charge in [-0.05, 0) is 38.4 Å². The van der Waals surface area contributed by atoms with Gasteiger partial charge < -0.3 is 10.2 Å². The second-order valence-electron chi connectivity index (χ2n) is 4.67. The summed E-state index contributed by atoms with van der Waals surface area (Å²) in [4.78, 5) is 2.50. The molecule has 1 aromatic rings. The van der Waals surface area contributed by atoms with Crippen molar-refractivity contribution in [1.82, 2.24) is 5.32 Å². The summed E-state index contributed by atoms with van der Waals surface area (Å²) in [6.07, 6.45) is 1.32. The van der Waals surface area contributed by atoms with Crippen LogP contribution in [0.3, 0.4) is 0 Å². The van der Waals surface area contributed by atoms with Gasteiger partial charge in [0.15, 0.2) is 0 Å². The van der Waals surface area contributed by atoms with Crippen molar-refractivity contribution < 1.29 is 0 Å². The number of anilines is 1. The third-order valence-electron chi connectivity index (χ3n) is 3.54. The highest BCUT2D eigenvalue weighted by Gasteiger charge is 2.26. The van der Waals surface area contributed by atoms with E-state index >= 15 is 0 Å². The average Bonchev–Trinajstić information content (AvgIpc) is 2.28. The van der Waals surface area contributed by atoms with Gasteiger partial charge in [0.1, 0.15) is 0 Å². The molecule has 16 heavy (non-hydrogen) atoms. The molecule has 0 amide bonds. The van der Waals surface area contributed by atoms with Crippen LogP contribution in [0.2, 0.25) is 0 Å². The zero-order chi connectivity index (χ0) is 11.5. The van der Waals surface area contributed by atoms with Gasteiger partial charge in [-0.3, -0.25) is 0 Å². The van der Waals surface area contributed by atoms with Gasteiger partial charge in [0, 0.05) is 24.3 Å². The quantitative estimate of drug-likeness (QED) is 0.836. The van der Waals surface area contributed by atoms with Crippen molar-refractivity contribution in [3.05, 3.63) is 29.8 Å². The van der Waals surface area contributed by atoms with Crippen LogP contribution < -0.4 is 10.2 Å². The van der Waals surface area contributed by atoms with Crippen molar-refractivity contribution in [2.75, 3.05) is 18.0 Å². The summed E-state index contributed by atoms with van der Waals surface area (Å²) in [7, 11) is 0. The van der Waals surface area contributed by atoms with Crippen molar-refractivity contribution in [2.45, 2.75) is 39.3 Å². The first-order valence-corrected chi connectivity index (χ1v) is 6.33. The molecule has 0 bridgehead atoms. The predicted molar refractivity (Wildman–Crippen MR) is 70.0 cm³/mol. The van der Waals surface area contributed by atoms with Crippen molar-refractivity contribution in [2.24, 2.45) is 0 Å². The molecule has 0 spiro atoms. The Labute approximate surface area is 98.7 Å². The minimum Gasteiger partial charge on any atom is -0.368 e. The minimum atomic E-state index is 0.439. The first kappa shape index (κ1) is 11.5. The molecule has 1 fully saturated rings. The Morgan fingerprint density at radius 1 is 1.44 bits per heavy atom. The minimum absolute atomic E-state index is 0.439. The van der Waals surface area contributed by atoms with Gasteiger partial charge in [0.25, 0.3) is 0 Å². The van der Waals surface area contributed by atoms with Crippen LogP contribution in [0.15, 0.2) is 24.3 Å². The second kappa shape index (κ2) is 4.88. The average molecular weight is 218 g/mol. The van der Waals surface area contributed by atoms with E-state index in [1.165, 1.54) is 24.2 Å². The summed E-state index contributed by atoms with van der Waals surface area (Å²) in [5.74, 6) is 0. The van der Waals surface area contributed by atoms with Gasteiger partial charge in [-0.1, -0.05) is 25.1 Å². The third-order valence-corrected chi connectivity index (χ3v) is 3.54. The molecule has 1 aromatic carbocycles. The SMILES string of the molecule is CCNC(C)c1ccccc1N1CCC1C. The molecule has 0 radical (unpaired) electrons. The lowest BCUT2D eigenvalue weighted by molar-refractivity contribution is 0.476. The van der Waals surface area contributed by atoms with E-state index in [2.05, 4.69) is 55.3 Å². The molecular weight excluding hydrogens is 196 g/mol. The zero-order valence-corrected chi connectivity index (χ0v) is 10.5. The fraction of sp³-hybridized carbons (Fsp3) is 0.571. The van der Waals surface area contributed by atoms with Crippen LogP contribution in [0.1, 0.15) is 38.8 Å². The molecule has 1 saturated heterocycles. The Balaban J connectivity index is 2.23. The molecule has 0 aliphatic carbocycles. The smallest absolute Gasteiger partial charge is 0.0417 e. The monoisotopic (exact) mass is 218 g/mol. The van der Waals surface area contributed by atoms with Crippen LogP contribution in [-0.4, -0.2) is 19.1 Å². The molecule has 88 valence electrons. The van der Waals surface area contributed by atoms with Crippen molar-refractivity contribution >= 4 is 5.69 Å². The third kappa shape index (κ3) is 2.07. The number of benzene rings is 1. The fourth-order valence-corrected chi connectivity index (χ4v) is 2.41. The molecule has 2 nitrogen and oxygen atoms in total. The summed E-state index contributed by atoms with van der Waals surface area (Å²) in [6.45, 7) is 8.93. The Kier molecular flexibility index (Phi) is 3.49. The summed E-state index contributed by atoms with van der Waals surface area (Å²) >= 11 is 0. The largest absolute Gasteiger partial charge is 0.368 e. The zero-order valence-electron chi connectivity index (χ0n) is 10.5. The molecule has 1 aliphatic heterocycles. The van der Waals surface area contributed by atoms with Crippen LogP contribution in [0.25, 0.3) is 0 Å². The number of rotatable bonds is 4. The summed E-state index contributed by atoms with van der Waals surface area (Å²) in [5, 5.41) is 3.49. The predicted octanol–water partition coefficient (Wildman–Crippen LogP) is 2.96. The van der Waals surface area contributed by atoms with Crippen LogP contribution in [0.4, 0.5) is 5.69 Å². The molecule has 2 atom stereocenters. The Hall–Kier alpha value is -1.02. The van der Waals surface area contributed by atoms with Crippen LogP contribution in [0, 0.1) is 0 Å². The van der Waals surface area contributed by atoms with E-state index < -0.39 is 0 Å². The van der Waals surface area contributed by atoms with Gasteiger partial charge in [-0.2, -0.15) is 0 Å². The number of hydrogen-bond donors (Lipinski definition) is 1. The highest BCUT2D eigenvalue weighted by molar-refractivity contribution is 5.57. The highest BCUT2D eigenvalue weighted by atomic mass is 15.2. The highest BCUT2D eigenvalue weighted by Crippen LogP contribution is 2.32. The van der Waals surface area contributed by atoms with Crippen molar-refractivity contribution in [3.63, 3.8) is 0 Å². The molecule has 2 unspecified atom stereocenters. The van der Waals surface area contributed by atoms with Gasteiger partial charge in [0.2, 0.25) is 0 Å². The number of hydrogen-bond acceptors (Lipinski definition) is 2. The number of nitrogens with one attached hydrogen (secondary N) is 1. The van der Waals surface area contributed by atoms with Gasteiger partial charge in [-0.15, -0.1) is 0 Å². The molecule has 1 heterocycles. The Morgan fingerprint density at radius 3 is 2.75 bits per heavy atom. The lowest BCUT2D eigenvalue weighted by Crippen LogP contribution is -2.46.